The number of halogens is 2. The molecule has 0 aromatic carbocycles. The molecule has 0 saturated heterocycles. The fourth-order valence-electron chi connectivity index (χ4n) is 4.44. The van der Waals surface area contributed by atoms with Crippen LogP contribution in [0.2, 0.25) is 0 Å². The lowest BCUT2D eigenvalue weighted by Gasteiger charge is -2.37. The first-order valence-corrected chi connectivity index (χ1v) is 9.94. The molecule has 9 heteroatoms. The summed E-state index contributed by atoms with van der Waals surface area (Å²) in [5.41, 5.74) is 2.48. The lowest BCUT2D eigenvalue weighted by atomic mass is 9.81. The maximum atomic E-state index is 13.2. The van der Waals surface area contributed by atoms with Gasteiger partial charge in [0.05, 0.1) is 23.4 Å². The van der Waals surface area contributed by atoms with Crippen molar-refractivity contribution in [3.05, 3.63) is 59.5 Å². The van der Waals surface area contributed by atoms with Crippen LogP contribution < -0.4 is 0 Å². The summed E-state index contributed by atoms with van der Waals surface area (Å²) in [4.78, 5) is 24.0. The highest BCUT2D eigenvalue weighted by atomic mass is 19.3. The molecule has 1 saturated carbocycles. The first-order chi connectivity index (χ1) is 14.6. The van der Waals surface area contributed by atoms with Crippen LogP contribution >= 0.6 is 0 Å². The average Bonchev–Trinajstić information content (AvgIpc) is 3.40. The van der Waals surface area contributed by atoms with E-state index in [2.05, 4.69) is 20.2 Å². The van der Waals surface area contributed by atoms with Gasteiger partial charge in [-0.15, -0.1) is 10.2 Å². The van der Waals surface area contributed by atoms with Crippen molar-refractivity contribution in [2.75, 3.05) is 0 Å². The summed E-state index contributed by atoms with van der Waals surface area (Å²) in [6.07, 6.45) is 4.49. The van der Waals surface area contributed by atoms with Gasteiger partial charge in [-0.1, -0.05) is 18.9 Å². The van der Waals surface area contributed by atoms with E-state index >= 15 is 0 Å². The van der Waals surface area contributed by atoms with Gasteiger partial charge in [0.1, 0.15) is 0 Å². The highest BCUT2D eigenvalue weighted by molar-refractivity contribution is 5.99. The standard InChI is InChI=1S/C21H19F2N5O2/c22-18(23)20-27-26-19(30-20)12-9-14-16(25-10-12)11-28(21(14)29)17-7-2-1-5-13(17)15-6-3-4-8-24-15/h3-4,6,8-10,13,17-18H,1-2,5,7,11H2/t13-,17+/m0/s1. The molecule has 2 aliphatic rings. The number of rotatable bonds is 4. The Morgan fingerprint density at radius 2 is 2.00 bits per heavy atom. The summed E-state index contributed by atoms with van der Waals surface area (Å²) in [5.74, 6) is -0.752. The second kappa shape index (κ2) is 7.55. The number of amides is 1. The van der Waals surface area contributed by atoms with Crippen molar-refractivity contribution in [1.29, 1.82) is 0 Å². The van der Waals surface area contributed by atoms with Gasteiger partial charge in [-0.05, 0) is 31.0 Å². The summed E-state index contributed by atoms with van der Waals surface area (Å²) < 4.78 is 30.5. The molecule has 0 spiro atoms. The molecule has 1 aliphatic carbocycles. The minimum Gasteiger partial charge on any atom is -0.415 e. The number of alkyl halides is 2. The van der Waals surface area contributed by atoms with E-state index in [1.165, 1.54) is 6.20 Å². The number of fused-ring (bicyclic) bond motifs is 1. The molecule has 1 amide bonds. The van der Waals surface area contributed by atoms with Crippen LogP contribution in [-0.4, -0.2) is 37.0 Å². The average molecular weight is 411 g/mol. The predicted molar refractivity (Wildman–Crippen MR) is 102 cm³/mol. The van der Waals surface area contributed by atoms with Crippen LogP contribution in [0.4, 0.5) is 8.78 Å². The van der Waals surface area contributed by atoms with Gasteiger partial charge < -0.3 is 9.32 Å². The second-order valence-corrected chi connectivity index (χ2v) is 7.61. The van der Waals surface area contributed by atoms with E-state index < -0.39 is 12.3 Å². The Bertz CT molecular complexity index is 1070. The van der Waals surface area contributed by atoms with Crippen LogP contribution in [0, 0.1) is 0 Å². The SMILES string of the molecule is O=C1c2cc(-c3nnc(C(F)F)o3)cnc2CN1[C@@H]1CCCC[C@H]1c1ccccn1. The molecule has 5 rings (SSSR count). The van der Waals surface area contributed by atoms with E-state index in [0.717, 1.165) is 31.4 Å². The Hall–Kier alpha value is -3.23. The smallest absolute Gasteiger partial charge is 0.314 e. The quantitative estimate of drug-likeness (QED) is 0.641. The van der Waals surface area contributed by atoms with E-state index in [1.54, 1.807) is 12.3 Å². The van der Waals surface area contributed by atoms with E-state index in [1.807, 2.05) is 23.1 Å². The topological polar surface area (TPSA) is 85.0 Å². The van der Waals surface area contributed by atoms with Crippen molar-refractivity contribution in [2.24, 2.45) is 0 Å². The van der Waals surface area contributed by atoms with Gasteiger partial charge in [0.25, 0.3) is 11.8 Å². The van der Waals surface area contributed by atoms with Gasteiger partial charge in [-0.3, -0.25) is 14.8 Å². The Balaban J connectivity index is 1.43. The van der Waals surface area contributed by atoms with Crippen LogP contribution in [-0.2, 0) is 6.54 Å². The summed E-state index contributed by atoms with van der Waals surface area (Å²) in [5, 5.41) is 6.99. The largest absolute Gasteiger partial charge is 0.415 e. The van der Waals surface area contributed by atoms with E-state index in [-0.39, 0.29) is 23.8 Å². The molecule has 1 fully saturated rings. The predicted octanol–water partition coefficient (Wildman–Crippen LogP) is 4.15. The van der Waals surface area contributed by atoms with Crippen LogP contribution in [0.25, 0.3) is 11.5 Å². The molecule has 4 heterocycles. The lowest BCUT2D eigenvalue weighted by molar-refractivity contribution is 0.0624. The molecular formula is C21H19F2N5O2. The van der Waals surface area contributed by atoms with E-state index in [9.17, 15) is 13.6 Å². The number of hydrogen-bond acceptors (Lipinski definition) is 6. The molecule has 7 nitrogen and oxygen atoms in total. The third kappa shape index (κ3) is 3.24. The minimum absolute atomic E-state index is 0.0487. The van der Waals surface area contributed by atoms with Crippen molar-refractivity contribution < 1.29 is 18.0 Å². The zero-order valence-electron chi connectivity index (χ0n) is 16.0. The number of carbonyl (C=O) groups excluding carboxylic acids is 1. The van der Waals surface area contributed by atoms with Crippen molar-refractivity contribution >= 4 is 5.91 Å². The molecular weight excluding hydrogens is 392 g/mol. The first-order valence-electron chi connectivity index (χ1n) is 9.94. The number of hydrogen-bond donors (Lipinski definition) is 0. The lowest BCUT2D eigenvalue weighted by Crippen LogP contribution is -2.41. The van der Waals surface area contributed by atoms with E-state index in [4.69, 9.17) is 4.42 Å². The number of aromatic nitrogens is 4. The number of pyridine rings is 2. The molecule has 0 bridgehead atoms. The number of carbonyl (C=O) groups is 1. The summed E-state index contributed by atoms with van der Waals surface area (Å²) in [7, 11) is 0. The molecule has 154 valence electrons. The normalized spacial score (nSPS) is 21.3. The van der Waals surface area contributed by atoms with Gasteiger partial charge >= 0.3 is 6.43 Å². The Morgan fingerprint density at radius 3 is 2.77 bits per heavy atom. The zero-order valence-corrected chi connectivity index (χ0v) is 16.0. The molecule has 1 aliphatic heterocycles. The molecule has 3 aromatic heterocycles. The molecule has 2 atom stereocenters. The first kappa shape index (κ1) is 18.8. The molecule has 0 radical (unpaired) electrons. The molecule has 0 unspecified atom stereocenters. The van der Waals surface area contributed by atoms with Crippen molar-refractivity contribution in [3.8, 4) is 11.5 Å². The molecule has 3 aromatic rings. The highest BCUT2D eigenvalue weighted by Gasteiger charge is 2.39. The fourth-order valence-corrected chi connectivity index (χ4v) is 4.44. The van der Waals surface area contributed by atoms with Gasteiger partial charge in [-0.25, -0.2) is 0 Å². The maximum Gasteiger partial charge on any atom is 0.314 e. The zero-order chi connectivity index (χ0) is 20.7. The third-order valence-electron chi connectivity index (χ3n) is 5.85. The van der Waals surface area contributed by atoms with Crippen molar-refractivity contribution in [1.82, 2.24) is 25.1 Å². The van der Waals surface area contributed by atoms with Gasteiger partial charge in [0.2, 0.25) is 5.89 Å². The van der Waals surface area contributed by atoms with Crippen LogP contribution in [0.3, 0.4) is 0 Å². The Kier molecular flexibility index (Phi) is 4.72. The summed E-state index contributed by atoms with van der Waals surface area (Å²) in [6, 6.07) is 7.53. The third-order valence-corrected chi connectivity index (χ3v) is 5.85. The van der Waals surface area contributed by atoms with Gasteiger partial charge in [0.15, 0.2) is 0 Å². The van der Waals surface area contributed by atoms with E-state index in [0.29, 0.717) is 23.4 Å². The van der Waals surface area contributed by atoms with Crippen LogP contribution in [0.15, 0.2) is 41.1 Å². The molecule has 0 N–H and O–H groups in total. The van der Waals surface area contributed by atoms with Gasteiger partial charge in [0, 0.05) is 30.0 Å². The van der Waals surface area contributed by atoms with Crippen LogP contribution in [0.5, 0.6) is 0 Å². The Labute approximate surface area is 171 Å². The van der Waals surface area contributed by atoms with Crippen molar-refractivity contribution in [2.45, 2.75) is 50.6 Å². The fraction of sp³-hybridized carbons (Fsp3) is 0.381. The molecule has 30 heavy (non-hydrogen) atoms. The second-order valence-electron chi connectivity index (χ2n) is 7.61. The summed E-state index contributed by atoms with van der Waals surface area (Å²) in [6.45, 7) is 0.425. The van der Waals surface area contributed by atoms with Crippen LogP contribution in [0.1, 0.15) is 65.7 Å². The number of nitrogens with zero attached hydrogens (tertiary/aromatic N) is 5. The van der Waals surface area contributed by atoms with Gasteiger partial charge in [-0.2, -0.15) is 8.78 Å². The van der Waals surface area contributed by atoms with Crippen molar-refractivity contribution in [3.63, 3.8) is 0 Å². The Morgan fingerprint density at radius 1 is 1.13 bits per heavy atom. The monoisotopic (exact) mass is 411 g/mol. The summed E-state index contributed by atoms with van der Waals surface area (Å²) >= 11 is 0. The maximum absolute atomic E-state index is 13.2. The highest BCUT2D eigenvalue weighted by Crippen LogP contribution is 2.39. The minimum atomic E-state index is -2.85.